The van der Waals surface area contributed by atoms with E-state index in [2.05, 4.69) is 18.7 Å². The van der Waals surface area contributed by atoms with Gasteiger partial charge < -0.3 is 19.3 Å². The molecule has 0 bridgehead atoms. The van der Waals surface area contributed by atoms with Crippen molar-refractivity contribution in [1.82, 2.24) is 9.80 Å². The molecule has 1 aliphatic rings. The Labute approximate surface area is 187 Å². The number of hydrogen-bond acceptors (Lipinski definition) is 5. The second-order valence-electron chi connectivity index (χ2n) is 8.08. The molecule has 1 N–H and O–H groups in total. The molecule has 1 aliphatic heterocycles. The first-order valence-electron chi connectivity index (χ1n) is 11.0. The van der Waals surface area contributed by atoms with Crippen LogP contribution in [0.25, 0.3) is 11.0 Å². The van der Waals surface area contributed by atoms with Crippen LogP contribution in [-0.4, -0.2) is 52.8 Å². The molecule has 0 saturated carbocycles. The van der Waals surface area contributed by atoms with Gasteiger partial charge in [-0.3, -0.25) is 9.59 Å². The average molecular weight is 433 g/mol. The molecule has 0 spiro atoms. The van der Waals surface area contributed by atoms with Gasteiger partial charge >= 0.3 is 0 Å². The fraction of sp³-hybridized carbons (Fsp3) is 0.308. The van der Waals surface area contributed by atoms with Crippen LogP contribution in [0.2, 0.25) is 0 Å². The number of amides is 1. The van der Waals surface area contributed by atoms with Crippen molar-refractivity contribution in [3.8, 4) is 0 Å². The monoisotopic (exact) mass is 432 g/mol. The summed E-state index contributed by atoms with van der Waals surface area (Å²) in [6, 6.07) is 16.0. The maximum atomic E-state index is 13.5. The molecule has 6 heteroatoms. The smallest absolute Gasteiger partial charge is 0.290 e. The Balaban J connectivity index is 1.73. The van der Waals surface area contributed by atoms with E-state index in [1.54, 1.807) is 11.0 Å². The molecule has 4 rings (SSSR count). The Morgan fingerprint density at radius 3 is 2.50 bits per heavy atom. The molecule has 0 radical (unpaired) electrons. The van der Waals surface area contributed by atoms with Crippen LogP contribution in [-0.2, 0) is 4.79 Å². The summed E-state index contributed by atoms with van der Waals surface area (Å²) < 4.78 is 5.80. The molecular formula is C26H28N2O4. The number of hydrogen-bond donors (Lipinski definition) is 1. The van der Waals surface area contributed by atoms with E-state index >= 15 is 0 Å². The number of furan rings is 1. The van der Waals surface area contributed by atoms with Crippen LogP contribution in [0.5, 0.6) is 0 Å². The Kier molecular flexibility index (Phi) is 6.15. The lowest BCUT2D eigenvalue weighted by atomic mass is 9.95. The van der Waals surface area contributed by atoms with E-state index in [4.69, 9.17) is 4.42 Å². The predicted molar refractivity (Wildman–Crippen MR) is 124 cm³/mol. The molecule has 32 heavy (non-hydrogen) atoms. The van der Waals surface area contributed by atoms with Gasteiger partial charge in [-0.15, -0.1) is 0 Å². The van der Waals surface area contributed by atoms with Crippen LogP contribution in [0.4, 0.5) is 0 Å². The van der Waals surface area contributed by atoms with Crippen molar-refractivity contribution in [3.63, 3.8) is 0 Å². The third-order valence-electron chi connectivity index (χ3n) is 6.11. The van der Waals surface area contributed by atoms with Crippen molar-refractivity contribution in [2.24, 2.45) is 0 Å². The van der Waals surface area contributed by atoms with Crippen LogP contribution in [0.3, 0.4) is 0 Å². The number of Topliss-reactive ketones (excluding diaryl/α,β-unsaturated/α-hetero) is 1. The average Bonchev–Trinajstić information content (AvgIpc) is 3.33. The van der Waals surface area contributed by atoms with Gasteiger partial charge in [-0.05, 0) is 43.8 Å². The van der Waals surface area contributed by atoms with Gasteiger partial charge in [0.2, 0.25) is 5.78 Å². The number of aryl methyl sites for hydroxylation is 1. The summed E-state index contributed by atoms with van der Waals surface area (Å²) in [6.45, 7) is 8.88. The lowest BCUT2D eigenvalue weighted by Crippen LogP contribution is -2.38. The highest BCUT2D eigenvalue weighted by Gasteiger charge is 2.44. The van der Waals surface area contributed by atoms with Crippen molar-refractivity contribution in [3.05, 3.63) is 82.8 Å². The third kappa shape index (κ3) is 3.94. The molecule has 166 valence electrons. The summed E-state index contributed by atoms with van der Waals surface area (Å²) in [5.41, 5.74) is 2.49. The Bertz CT molecular complexity index is 1180. The number of benzene rings is 2. The highest BCUT2D eigenvalue weighted by molar-refractivity contribution is 6.16. The SMILES string of the molecule is CCN(CC)CCN1C(=O)C(O)=C(C(=O)c2cc3cc(C)ccc3o2)C1c1ccccc1. The number of ketones is 1. The maximum absolute atomic E-state index is 13.5. The van der Waals surface area contributed by atoms with Crippen LogP contribution in [0.1, 0.15) is 41.6 Å². The van der Waals surface area contributed by atoms with Gasteiger partial charge in [-0.25, -0.2) is 0 Å². The number of aliphatic hydroxyl groups is 1. The lowest BCUT2D eigenvalue weighted by Gasteiger charge is -2.29. The van der Waals surface area contributed by atoms with E-state index in [-0.39, 0.29) is 11.3 Å². The second-order valence-corrected chi connectivity index (χ2v) is 8.08. The first-order valence-corrected chi connectivity index (χ1v) is 11.0. The zero-order chi connectivity index (χ0) is 22.8. The van der Waals surface area contributed by atoms with E-state index in [1.165, 1.54) is 0 Å². The van der Waals surface area contributed by atoms with Gasteiger partial charge in [0, 0.05) is 18.5 Å². The first kappa shape index (κ1) is 21.8. The van der Waals surface area contributed by atoms with E-state index in [0.717, 1.165) is 29.6 Å². The maximum Gasteiger partial charge on any atom is 0.290 e. The van der Waals surface area contributed by atoms with E-state index in [1.807, 2.05) is 55.5 Å². The normalized spacial score (nSPS) is 16.6. The standard InChI is InChI=1S/C26H28N2O4/c1-4-27(5-2)13-14-28-23(18-9-7-6-8-10-18)22(25(30)26(28)31)24(29)21-16-19-15-17(3)11-12-20(19)32-21/h6-12,15-16,23,30H,4-5,13-14H2,1-3H3. The van der Waals surface area contributed by atoms with E-state index < -0.39 is 23.5 Å². The van der Waals surface area contributed by atoms with Crippen LogP contribution >= 0.6 is 0 Å². The predicted octanol–water partition coefficient (Wildman–Crippen LogP) is 4.66. The number of aliphatic hydroxyl groups excluding tert-OH is 1. The Morgan fingerprint density at radius 2 is 1.81 bits per heavy atom. The fourth-order valence-electron chi connectivity index (χ4n) is 4.29. The molecule has 0 fully saturated rings. The van der Waals surface area contributed by atoms with Crippen molar-refractivity contribution >= 4 is 22.7 Å². The minimum atomic E-state index is -0.665. The summed E-state index contributed by atoms with van der Waals surface area (Å²) in [4.78, 5) is 30.4. The number of nitrogens with zero attached hydrogens (tertiary/aromatic N) is 2. The summed E-state index contributed by atoms with van der Waals surface area (Å²) in [5, 5.41) is 11.6. The Hall–Kier alpha value is -3.38. The van der Waals surface area contributed by atoms with Crippen LogP contribution in [0, 0.1) is 6.92 Å². The molecule has 1 atom stereocenters. The highest BCUT2D eigenvalue weighted by atomic mass is 16.3. The zero-order valence-corrected chi connectivity index (χ0v) is 18.7. The molecule has 1 aromatic heterocycles. The van der Waals surface area contributed by atoms with Crippen LogP contribution < -0.4 is 0 Å². The van der Waals surface area contributed by atoms with Gasteiger partial charge in [0.1, 0.15) is 5.58 Å². The van der Waals surface area contributed by atoms with E-state index in [9.17, 15) is 14.7 Å². The van der Waals surface area contributed by atoms with Crippen molar-refractivity contribution < 1.29 is 19.1 Å². The number of rotatable bonds is 8. The van der Waals surface area contributed by atoms with E-state index in [0.29, 0.717) is 18.7 Å². The highest BCUT2D eigenvalue weighted by Crippen LogP contribution is 2.39. The zero-order valence-electron chi connectivity index (χ0n) is 18.7. The number of fused-ring (bicyclic) bond motifs is 1. The molecule has 3 aromatic rings. The van der Waals surface area contributed by atoms with Gasteiger partial charge in [0.15, 0.2) is 11.5 Å². The summed E-state index contributed by atoms with van der Waals surface area (Å²) in [7, 11) is 0. The minimum absolute atomic E-state index is 0.0662. The number of carbonyl (C=O) groups excluding carboxylic acids is 2. The first-order chi connectivity index (χ1) is 15.4. The number of likely N-dealkylation sites (N-methyl/N-ethyl adjacent to an activating group) is 1. The van der Waals surface area contributed by atoms with Gasteiger partial charge in [0.05, 0.1) is 11.6 Å². The quantitative estimate of drug-likeness (QED) is 0.524. The van der Waals surface area contributed by atoms with Gasteiger partial charge in [-0.1, -0.05) is 55.8 Å². The molecule has 2 aromatic carbocycles. The summed E-state index contributed by atoms with van der Waals surface area (Å²) in [5.74, 6) is -1.38. The molecule has 6 nitrogen and oxygen atoms in total. The van der Waals surface area contributed by atoms with Gasteiger partial charge in [-0.2, -0.15) is 0 Å². The fourth-order valence-corrected chi connectivity index (χ4v) is 4.29. The molecule has 0 aliphatic carbocycles. The second kappa shape index (κ2) is 9.01. The van der Waals surface area contributed by atoms with Gasteiger partial charge in [0.25, 0.3) is 5.91 Å². The summed E-state index contributed by atoms with van der Waals surface area (Å²) in [6.07, 6.45) is 0. The minimum Gasteiger partial charge on any atom is -0.503 e. The number of carbonyl (C=O) groups is 2. The summed E-state index contributed by atoms with van der Waals surface area (Å²) >= 11 is 0. The van der Waals surface area contributed by atoms with Crippen molar-refractivity contribution in [1.29, 1.82) is 0 Å². The van der Waals surface area contributed by atoms with Crippen LogP contribution in [0.15, 0.2) is 70.3 Å². The van der Waals surface area contributed by atoms with Crippen molar-refractivity contribution in [2.75, 3.05) is 26.2 Å². The topological polar surface area (TPSA) is 74.0 Å². The molecular weight excluding hydrogens is 404 g/mol. The molecule has 1 unspecified atom stereocenters. The third-order valence-corrected chi connectivity index (χ3v) is 6.11. The largest absolute Gasteiger partial charge is 0.503 e. The van der Waals surface area contributed by atoms with Crippen molar-refractivity contribution in [2.45, 2.75) is 26.8 Å². The molecule has 2 heterocycles. The Morgan fingerprint density at radius 1 is 1.09 bits per heavy atom. The lowest BCUT2D eigenvalue weighted by molar-refractivity contribution is -0.129. The molecule has 1 amide bonds. The molecule has 0 saturated heterocycles.